The number of nitrogens with zero attached hydrogens (tertiary/aromatic N) is 2. The Labute approximate surface area is 96.0 Å². The van der Waals surface area contributed by atoms with Gasteiger partial charge in [-0.3, -0.25) is 4.79 Å². The van der Waals surface area contributed by atoms with Crippen molar-refractivity contribution in [1.82, 2.24) is 14.9 Å². The number of aromatic amines is 1. The number of rotatable bonds is 2. The highest BCUT2D eigenvalue weighted by atomic mass is 32.2. The van der Waals surface area contributed by atoms with Crippen molar-refractivity contribution in [3.05, 3.63) is 18.2 Å². The van der Waals surface area contributed by atoms with Crippen molar-refractivity contribution in [1.29, 1.82) is 0 Å². The number of hydrogen-bond donors (Lipinski definition) is 2. The van der Waals surface area contributed by atoms with Gasteiger partial charge in [-0.05, 0) is 6.92 Å². The van der Waals surface area contributed by atoms with Gasteiger partial charge in [0.15, 0.2) is 0 Å². The summed E-state index contributed by atoms with van der Waals surface area (Å²) >= 11 is 1.46. The van der Waals surface area contributed by atoms with Crippen molar-refractivity contribution in [2.24, 2.45) is 0 Å². The van der Waals surface area contributed by atoms with Gasteiger partial charge < -0.3 is 15.0 Å². The van der Waals surface area contributed by atoms with Crippen molar-refractivity contribution < 1.29 is 14.7 Å². The van der Waals surface area contributed by atoms with Gasteiger partial charge in [-0.25, -0.2) is 9.78 Å². The highest BCUT2D eigenvalue weighted by Gasteiger charge is 2.40. The number of aromatic nitrogens is 2. The van der Waals surface area contributed by atoms with E-state index in [0.717, 1.165) is 0 Å². The molecule has 0 aromatic carbocycles. The fourth-order valence-corrected chi connectivity index (χ4v) is 2.82. The molecular weight excluding hydrogens is 230 g/mol. The summed E-state index contributed by atoms with van der Waals surface area (Å²) in [5.74, 6) is -0.858. The first-order valence-corrected chi connectivity index (χ1v) is 5.81. The summed E-state index contributed by atoms with van der Waals surface area (Å²) in [6.07, 6.45) is 2.80. The first-order valence-electron chi connectivity index (χ1n) is 4.76. The maximum Gasteiger partial charge on any atom is 0.327 e. The Hall–Kier alpha value is -1.50. The number of hydrogen-bond acceptors (Lipinski definition) is 4. The summed E-state index contributed by atoms with van der Waals surface area (Å²) in [7, 11) is 0. The van der Waals surface area contributed by atoms with E-state index in [4.69, 9.17) is 5.11 Å². The fourth-order valence-electron chi connectivity index (χ4n) is 1.65. The molecular formula is C9H11N3O3S. The normalized spacial score (nSPS) is 24.7. The second-order valence-corrected chi connectivity index (χ2v) is 4.81. The van der Waals surface area contributed by atoms with Crippen LogP contribution in [0.4, 0.5) is 0 Å². The number of amides is 1. The molecule has 1 saturated heterocycles. The van der Waals surface area contributed by atoms with E-state index in [2.05, 4.69) is 9.97 Å². The SMILES string of the molecule is CC1SCC(C(=O)O)N1C(=O)c1cnc[nH]1. The van der Waals surface area contributed by atoms with E-state index >= 15 is 0 Å². The number of H-pyrrole nitrogens is 1. The number of thioether (sulfide) groups is 1. The van der Waals surface area contributed by atoms with Gasteiger partial charge in [0.1, 0.15) is 11.7 Å². The Kier molecular flexibility index (Phi) is 2.86. The summed E-state index contributed by atoms with van der Waals surface area (Å²) in [5, 5.41) is 8.89. The number of carbonyl (C=O) groups is 2. The second kappa shape index (κ2) is 4.17. The summed E-state index contributed by atoms with van der Waals surface area (Å²) in [4.78, 5) is 30.8. The zero-order valence-electron chi connectivity index (χ0n) is 8.58. The van der Waals surface area contributed by atoms with Crippen LogP contribution in [0.3, 0.4) is 0 Å². The van der Waals surface area contributed by atoms with Gasteiger partial charge in [0.2, 0.25) is 0 Å². The molecule has 6 nitrogen and oxygen atoms in total. The topological polar surface area (TPSA) is 86.3 Å². The minimum absolute atomic E-state index is 0.128. The minimum Gasteiger partial charge on any atom is -0.480 e. The molecule has 0 bridgehead atoms. The van der Waals surface area contributed by atoms with E-state index in [9.17, 15) is 9.59 Å². The Balaban J connectivity index is 2.24. The van der Waals surface area contributed by atoms with Crippen LogP contribution >= 0.6 is 11.8 Å². The third kappa shape index (κ3) is 1.78. The molecule has 1 amide bonds. The fraction of sp³-hybridized carbons (Fsp3) is 0.444. The Morgan fingerprint density at radius 3 is 3.00 bits per heavy atom. The largest absolute Gasteiger partial charge is 0.480 e. The zero-order chi connectivity index (χ0) is 11.7. The van der Waals surface area contributed by atoms with E-state index in [-0.39, 0.29) is 11.3 Å². The lowest BCUT2D eigenvalue weighted by Gasteiger charge is -2.24. The third-order valence-corrected chi connectivity index (χ3v) is 3.69. The Bertz CT molecular complexity index is 406. The highest BCUT2D eigenvalue weighted by Crippen LogP contribution is 2.29. The van der Waals surface area contributed by atoms with Crippen LogP contribution < -0.4 is 0 Å². The van der Waals surface area contributed by atoms with E-state index in [1.165, 1.54) is 29.2 Å². The standard InChI is InChI=1S/C9H11N3O3S/c1-5-12(7(3-16-5)9(14)15)8(13)6-2-10-4-11-6/h2,4-5,7H,3H2,1H3,(H,10,11)(H,14,15). The third-order valence-electron chi connectivity index (χ3n) is 2.47. The van der Waals surface area contributed by atoms with Crippen molar-refractivity contribution in [3.63, 3.8) is 0 Å². The molecule has 2 N–H and O–H groups in total. The highest BCUT2D eigenvalue weighted by molar-refractivity contribution is 8.00. The van der Waals surface area contributed by atoms with E-state index < -0.39 is 12.0 Å². The molecule has 86 valence electrons. The van der Waals surface area contributed by atoms with Gasteiger partial charge in [-0.2, -0.15) is 0 Å². The summed E-state index contributed by atoms with van der Waals surface area (Å²) in [6.45, 7) is 1.82. The molecule has 1 aliphatic rings. The molecule has 7 heteroatoms. The lowest BCUT2D eigenvalue weighted by atomic mass is 10.2. The predicted molar refractivity (Wildman–Crippen MR) is 58.1 cm³/mol. The summed E-state index contributed by atoms with van der Waals surface area (Å²) < 4.78 is 0. The number of carbonyl (C=O) groups excluding carboxylic acids is 1. The molecule has 0 saturated carbocycles. The lowest BCUT2D eigenvalue weighted by Crippen LogP contribution is -2.44. The van der Waals surface area contributed by atoms with Gasteiger partial charge in [-0.1, -0.05) is 0 Å². The quantitative estimate of drug-likeness (QED) is 0.782. The van der Waals surface area contributed by atoms with Crippen molar-refractivity contribution in [2.45, 2.75) is 18.3 Å². The van der Waals surface area contributed by atoms with Gasteiger partial charge >= 0.3 is 5.97 Å². The molecule has 0 aliphatic carbocycles. The molecule has 2 rings (SSSR count). The molecule has 1 fully saturated rings. The van der Waals surface area contributed by atoms with Crippen LogP contribution in [0.1, 0.15) is 17.4 Å². The molecule has 2 atom stereocenters. The minimum atomic E-state index is -0.968. The van der Waals surface area contributed by atoms with Crippen LogP contribution in [0.5, 0.6) is 0 Å². The number of nitrogens with one attached hydrogen (secondary N) is 1. The van der Waals surface area contributed by atoms with Crippen LogP contribution in [0, 0.1) is 0 Å². The molecule has 1 aromatic rings. The van der Waals surface area contributed by atoms with Gasteiger partial charge in [0.25, 0.3) is 5.91 Å². The van der Waals surface area contributed by atoms with Gasteiger partial charge in [-0.15, -0.1) is 11.8 Å². The molecule has 2 unspecified atom stereocenters. The van der Waals surface area contributed by atoms with Crippen LogP contribution in [-0.4, -0.2) is 49.0 Å². The Morgan fingerprint density at radius 1 is 1.69 bits per heavy atom. The zero-order valence-corrected chi connectivity index (χ0v) is 9.40. The van der Waals surface area contributed by atoms with Crippen LogP contribution in [-0.2, 0) is 4.79 Å². The summed E-state index contributed by atoms with van der Waals surface area (Å²) in [6, 6.07) is -0.754. The van der Waals surface area contributed by atoms with Crippen LogP contribution in [0.2, 0.25) is 0 Å². The van der Waals surface area contributed by atoms with E-state index in [1.54, 1.807) is 0 Å². The summed E-state index contributed by atoms with van der Waals surface area (Å²) in [5.41, 5.74) is 0.320. The number of imidazole rings is 1. The Morgan fingerprint density at radius 2 is 2.44 bits per heavy atom. The van der Waals surface area contributed by atoms with Crippen molar-refractivity contribution in [3.8, 4) is 0 Å². The van der Waals surface area contributed by atoms with E-state index in [1.807, 2.05) is 6.92 Å². The average molecular weight is 241 g/mol. The first kappa shape index (κ1) is 11.0. The first-order chi connectivity index (χ1) is 7.61. The maximum absolute atomic E-state index is 12.0. The van der Waals surface area contributed by atoms with Gasteiger partial charge in [0, 0.05) is 5.75 Å². The number of carboxylic acid groups (broad SMARTS) is 1. The molecule has 2 heterocycles. The second-order valence-electron chi connectivity index (χ2n) is 3.46. The van der Waals surface area contributed by atoms with E-state index in [0.29, 0.717) is 11.4 Å². The number of aliphatic carboxylic acids is 1. The average Bonchev–Trinajstić information content (AvgIpc) is 2.84. The van der Waals surface area contributed by atoms with Gasteiger partial charge in [0.05, 0.1) is 17.9 Å². The van der Waals surface area contributed by atoms with Crippen LogP contribution in [0.15, 0.2) is 12.5 Å². The molecule has 0 spiro atoms. The predicted octanol–water partition coefficient (Wildman–Crippen LogP) is 0.398. The van der Waals surface area contributed by atoms with Crippen molar-refractivity contribution >= 4 is 23.6 Å². The monoisotopic (exact) mass is 241 g/mol. The van der Waals surface area contributed by atoms with Crippen LogP contribution in [0.25, 0.3) is 0 Å². The molecule has 1 aliphatic heterocycles. The molecule has 0 radical (unpaired) electrons. The lowest BCUT2D eigenvalue weighted by molar-refractivity contribution is -0.141. The number of carboxylic acids is 1. The molecule has 1 aromatic heterocycles. The maximum atomic E-state index is 12.0. The molecule has 16 heavy (non-hydrogen) atoms. The van der Waals surface area contributed by atoms with Crippen molar-refractivity contribution in [2.75, 3.05) is 5.75 Å². The smallest absolute Gasteiger partial charge is 0.327 e.